The number of hydrogen-bond acceptors (Lipinski definition) is 4. The Kier molecular flexibility index (Phi) is 4.57. The van der Waals surface area contributed by atoms with Gasteiger partial charge in [-0.15, -0.1) is 0 Å². The van der Waals surface area contributed by atoms with Crippen LogP contribution in [-0.4, -0.2) is 45.9 Å². The molecule has 0 saturated carbocycles. The van der Waals surface area contributed by atoms with Crippen LogP contribution in [0.5, 0.6) is 0 Å². The molecule has 0 bridgehead atoms. The average Bonchev–Trinajstić information content (AvgIpc) is 2.02. The summed E-state index contributed by atoms with van der Waals surface area (Å²) in [5, 5.41) is 25.2. The minimum absolute atomic E-state index is 0.839. The van der Waals surface area contributed by atoms with Crippen LogP contribution >= 0.6 is 0 Å². The van der Waals surface area contributed by atoms with E-state index in [0.29, 0.717) is 0 Å². The highest BCUT2D eigenvalue weighted by atomic mass is 16.5. The van der Waals surface area contributed by atoms with Gasteiger partial charge in [-0.1, -0.05) is 0 Å². The van der Waals surface area contributed by atoms with Gasteiger partial charge in [0.05, 0.1) is 5.92 Å². The van der Waals surface area contributed by atoms with Crippen LogP contribution in [0.3, 0.4) is 0 Å². The fourth-order valence-electron chi connectivity index (χ4n) is 0.720. The fourth-order valence-corrected chi connectivity index (χ4v) is 0.720. The highest BCUT2D eigenvalue weighted by molar-refractivity contribution is 5.81. The van der Waals surface area contributed by atoms with Crippen LogP contribution in [0, 0.1) is 5.92 Å². The van der Waals surface area contributed by atoms with Gasteiger partial charge < -0.3 is 20.1 Å². The highest BCUT2D eigenvalue weighted by Gasteiger charge is 2.31. The van der Waals surface area contributed by atoms with E-state index in [1.165, 1.54) is 0 Å². The molecule has 0 aliphatic heterocycles. The van der Waals surface area contributed by atoms with Crippen molar-refractivity contribution in [2.24, 2.45) is 5.92 Å². The van der Waals surface area contributed by atoms with Crippen molar-refractivity contribution < 1.29 is 34.4 Å². The lowest BCUT2D eigenvalue weighted by atomic mass is 10.1. The molecule has 2 unspecified atom stereocenters. The molecule has 80 valence electrons. The molecule has 0 aliphatic carbocycles. The van der Waals surface area contributed by atoms with Gasteiger partial charge in [-0.25, -0.2) is 9.59 Å². The highest BCUT2D eigenvalue weighted by Crippen LogP contribution is 2.08. The number of carbonyl (C=O) groups is 3. The minimum atomic E-state index is -1.65. The van der Waals surface area contributed by atoms with Crippen molar-refractivity contribution in [2.45, 2.75) is 13.0 Å². The molecule has 0 radical (unpaired) electrons. The lowest BCUT2D eigenvalue weighted by Gasteiger charge is -2.15. The smallest absolute Gasteiger partial charge is 0.333 e. The van der Waals surface area contributed by atoms with Gasteiger partial charge >= 0.3 is 17.9 Å². The summed E-state index contributed by atoms with van der Waals surface area (Å²) in [6.07, 6.45) is -1.65. The monoisotopic (exact) mass is 206 g/mol. The molecule has 14 heavy (non-hydrogen) atoms. The van der Waals surface area contributed by atoms with Crippen LogP contribution in [0.25, 0.3) is 0 Å². The molecule has 2 atom stereocenters. The molecule has 0 aromatic carbocycles. The second-order valence-electron chi connectivity index (χ2n) is 2.59. The molecule has 0 aromatic heterocycles. The van der Waals surface area contributed by atoms with Crippen LogP contribution < -0.4 is 0 Å². The maximum absolute atomic E-state index is 10.5. The summed E-state index contributed by atoms with van der Waals surface area (Å²) >= 11 is 0. The van der Waals surface area contributed by atoms with Gasteiger partial charge in [0.1, 0.15) is 6.61 Å². The van der Waals surface area contributed by atoms with E-state index in [1.54, 1.807) is 0 Å². The number of hydrogen-bond donors (Lipinski definition) is 3. The molecule has 0 amide bonds. The minimum Gasteiger partial charge on any atom is -0.481 e. The number of rotatable bonds is 6. The van der Waals surface area contributed by atoms with Gasteiger partial charge in [-0.2, -0.15) is 0 Å². The van der Waals surface area contributed by atoms with Crippen LogP contribution in [0.4, 0.5) is 0 Å². The summed E-state index contributed by atoms with van der Waals surface area (Å²) in [7, 11) is 0. The molecule has 0 saturated heterocycles. The van der Waals surface area contributed by atoms with Crippen molar-refractivity contribution in [1.29, 1.82) is 0 Å². The Bertz CT molecular complexity index is 246. The molecule has 0 aliphatic rings. The maximum Gasteiger partial charge on any atom is 0.333 e. The Labute approximate surface area is 78.9 Å². The summed E-state index contributed by atoms with van der Waals surface area (Å²) in [6, 6.07) is 0. The van der Waals surface area contributed by atoms with Crippen molar-refractivity contribution in [3.05, 3.63) is 0 Å². The van der Waals surface area contributed by atoms with Gasteiger partial charge in [0, 0.05) is 0 Å². The molecule has 0 rings (SSSR count). The zero-order valence-corrected chi connectivity index (χ0v) is 7.34. The lowest BCUT2D eigenvalue weighted by Crippen LogP contribution is -2.36. The Morgan fingerprint density at radius 1 is 1.14 bits per heavy atom. The van der Waals surface area contributed by atoms with E-state index >= 15 is 0 Å². The third kappa shape index (κ3) is 3.85. The Morgan fingerprint density at radius 2 is 1.64 bits per heavy atom. The first kappa shape index (κ1) is 12.4. The van der Waals surface area contributed by atoms with Crippen LogP contribution in [0.1, 0.15) is 6.92 Å². The van der Waals surface area contributed by atoms with E-state index in [4.69, 9.17) is 15.3 Å². The Balaban J connectivity index is 4.37. The predicted octanol–water partition coefficient (Wildman–Crippen LogP) is -0.738. The van der Waals surface area contributed by atoms with E-state index in [1.807, 2.05) is 0 Å². The van der Waals surface area contributed by atoms with Gasteiger partial charge in [-0.3, -0.25) is 4.79 Å². The van der Waals surface area contributed by atoms with Gasteiger partial charge in [0.25, 0.3) is 0 Å². The molecular weight excluding hydrogens is 196 g/mol. The molecule has 0 fully saturated rings. The summed E-state index contributed by atoms with van der Waals surface area (Å²) in [5.74, 6) is -5.51. The number of ether oxygens (including phenoxy) is 1. The first-order valence-electron chi connectivity index (χ1n) is 3.65. The second kappa shape index (κ2) is 5.18. The quantitative estimate of drug-likeness (QED) is 0.523. The molecule has 7 heteroatoms. The van der Waals surface area contributed by atoms with E-state index < -0.39 is 36.5 Å². The second-order valence-corrected chi connectivity index (χ2v) is 2.59. The number of aliphatic carboxylic acids is 3. The third-order valence-corrected chi connectivity index (χ3v) is 1.47. The predicted molar refractivity (Wildman–Crippen MR) is 41.8 cm³/mol. The van der Waals surface area contributed by atoms with E-state index in [9.17, 15) is 14.4 Å². The molecule has 0 spiro atoms. The lowest BCUT2D eigenvalue weighted by molar-refractivity contribution is -0.167. The normalized spacial score (nSPS) is 14.4. The Hall–Kier alpha value is -1.63. The fraction of sp³-hybridized carbons (Fsp3) is 0.571. The van der Waals surface area contributed by atoms with Crippen molar-refractivity contribution in [3.63, 3.8) is 0 Å². The van der Waals surface area contributed by atoms with Crippen molar-refractivity contribution in [2.75, 3.05) is 6.61 Å². The average molecular weight is 206 g/mol. The van der Waals surface area contributed by atoms with Crippen molar-refractivity contribution in [3.8, 4) is 0 Å². The first-order chi connectivity index (χ1) is 6.36. The van der Waals surface area contributed by atoms with E-state index in [2.05, 4.69) is 4.74 Å². The molecule has 0 heterocycles. The van der Waals surface area contributed by atoms with Crippen LogP contribution in [0.2, 0.25) is 0 Å². The largest absolute Gasteiger partial charge is 0.481 e. The number of carboxylic acids is 3. The van der Waals surface area contributed by atoms with Crippen LogP contribution in [-0.2, 0) is 19.1 Å². The molecule has 3 N–H and O–H groups in total. The van der Waals surface area contributed by atoms with E-state index in [-0.39, 0.29) is 0 Å². The van der Waals surface area contributed by atoms with E-state index in [0.717, 1.165) is 6.92 Å². The zero-order chi connectivity index (χ0) is 11.3. The zero-order valence-electron chi connectivity index (χ0n) is 7.34. The Morgan fingerprint density at radius 3 is 1.93 bits per heavy atom. The number of carboxylic acid groups (broad SMARTS) is 3. The molecule has 7 nitrogen and oxygen atoms in total. The van der Waals surface area contributed by atoms with Crippen LogP contribution in [0.15, 0.2) is 0 Å². The maximum atomic E-state index is 10.5. The summed E-state index contributed by atoms with van der Waals surface area (Å²) in [6.45, 7) is 0.289. The summed E-state index contributed by atoms with van der Waals surface area (Å²) in [4.78, 5) is 30.9. The molecular formula is C7H10O7. The van der Waals surface area contributed by atoms with Gasteiger partial charge in [0.2, 0.25) is 0 Å². The van der Waals surface area contributed by atoms with Crippen molar-refractivity contribution >= 4 is 17.9 Å². The third-order valence-electron chi connectivity index (χ3n) is 1.47. The van der Waals surface area contributed by atoms with Crippen molar-refractivity contribution in [1.82, 2.24) is 0 Å². The van der Waals surface area contributed by atoms with Gasteiger partial charge in [-0.05, 0) is 6.92 Å². The molecule has 0 aromatic rings. The summed E-state index contributed by atoms with van der Waals surface area (Å²) in [5.41, 5.74) is 0. The van der Waals surface area contributed by atoms with Gasteiger partial charge in [0.15, 0.2) is 6.10 Å². The topological polar surface area (TPSA) is 121 Å². The first-order valence-corrected chi connectivity index (χ1v) is 3.65. The summed E-state index contributed by atoms with van der Waals surface area (Å²) < 4.78 is 4.41. The standard InChI is InChI=1S/C7H10O7/c1-3(6(10)11)5(7(12)13)14-2-4(8)9/h3,5H,2H2,1H3,(H,8,9)(H,10,11)(H,12,13). The SMILES string of the molecule is CC(C(=O)O)C(OCC(=O)O)C(=O)O.